The molecule has 0 radical (unpaired) electrons. The van der Waals surface area contributed by atoms with Crippen LogP contribution in [0.4, 0.5) is 127 Å². The zero-order chi connectivity index (χ0) is 105. The smallest absolute Gasteiger partial charge is 0.429 e. The van der Waals surface area contributed by atoms with Gasteiger partial charge in [0, 0.05) is 160 Å². The lowest BCUT2D eigenvalue weighted by Crippen LogP contribution is -2.22. The molecule has 61 heteroatoms. The molecule has 0 unspecified atom stereocenters. The van der Waals surface area contributed by atoms with E-state index in [9.17, 15) is 80.1 Å². The number of benzene rings is 3. The van der Waals surface area contributed by atoms with Gasteiger partial charge < -0.3 is 53.7 Å². The highest BCUT2D eigenvalue weighted by molar-refractivity contribution is 6.47. The quantitative estimate of drug-likeness (QED) is 0.00747. The Labute approximate surface area is 858 Å². The first kappa shape index (κ1) is 102. The lowest BCUT2D eigenvalue weighted by atomic mass is 9.89. The largest absolute Gasteiger partial charge is 0.431 e. The van der Waals surface area contributed by atoms with Crippen molar-refractivity contribution in [2.45, 2.75) is 119 Å². The van der Waals surface area contributed by atoms with Crippen LogP contribution in [0.25, 0.3) is 32.7 Å². The lowest BCUT2D eigenvalue weighted by molar-refractivity contribution is -0.385. The first-order valence-electron chi connectivity index (χ1n) is 45.3. The minimum absolute atomic E-state index is 0.0879. The Morgan fingerprint density at radius 2 is 0.631 bits per heavy atom. The summed E-state index contributed by atoms with van der Waals surface area (Å²) in [6, 6.07) is 43.0. The molecule has 15 heterocycles. The first-order chi connectivity index (χ1) is 71.6. The summed E-state index contributed by atoms with van der Waals surface area (Å²) in [5.74, 6) is 8.14. The Bertz CT molecular complexity index is 7920. The highest BCUT2D eigenvalue weighted by atomic mass is 35.5. The van der Waals surface area contributed by atoms with Crippen molar-refractivity contribution in [2.24, 2.45) is 0 Å². The molecule has 0 amide bonds. The van der Waals surface area contributed by atoms with E-state index >= 15 is 0 Å². The van der Waals surface area contributed by atoms with Crippen LogP contribution in [0.2, 0.25) is 32.6 Å². The van der Waals surface area contributed by atoms with Crippen LogP contribution >= 0.6 is 58.0 Å². The average molecular weight is 2130 g/mol. The van der Waals surface area contributed by atoms with Crippen LogP contribution in [0, 0.1) is 60.7 Å². The summed E-state index contributed by atoms with van der Waals surface area (Å²) < 4.78 is 1.38. The Morgan fingerprint density at radius 3 is 0.960 bits per heavy atom. The molecular formula is C88H83BCl5N39O16. The number of nitrogen functional groups attached to an aromatic ring is 2. The molecule has 6 aliphatic carbocycles. The van der Waals surface area contributed by atoms with Crippen LogP contribution in [-0.4, -0.2) is 163 Å². The lowest BCUT2D eigenvalue weighted by Gasteiger charge is -2.09. The van der Waals surface area contributed by atoms with Crippen LogP contribution in [-0.2, 0) is 0 Å². The van der Waals surface area contributed by atoms with Crippen LogP contribution in [0.1, 0.15) is 147 Å². The maximum absolute atomic E-state index is 11.6. The predicted octanol–water partition coefficient (Wildman–Crippen LogP) is 18.5. The van der Waals surface area contributed by atoms with Crippen LogP contribution in [0.5, 0.6) is 0 Å². The van der Waals surface area contributed by atoms with Gasteiger partial charge in [0.05, 0.1) is 62.2 Å². The fraction of sp³-hybridized carbons (Fsp3) is 0.216. The monoisotopic (exact) mass is 2130 g/mol. The van der Waals surface area contributed by atoms with E-state index in [2.05, 4.69) is 154 Å². The van der Waals surface area contributed by atoms with Crippen molar-refractivity contribution < 1.29 is 34.6 Å². The number of nitrogens with two attached hydrogens (primary N) is 2. The van der Waals surface area contributed by atoms with E-state index in [-0.39, 0.29) is 99.8 Å². The molecule has 3 aromatic carbocycles. The third-order valence-electron chi connectivity index (χ3n) is 23.0. The van der Waals surface area contributed by atoms with Crippen molar-refractivity contribution in [1.82, 2.24) is 121 Å². The molecule has 0 spiro atoms. The van der Waals surface area contributed by atoms with Crippen molar-refractivity contribution >= 4 is 225 Å². The Balaban J connectivity index is 0.000000119. The highest BCUT2D eigenvalue weighted by Crippen LogP contribution is 2.46. The number of anilines is 16. The second-order valence-electron chi connectivity index (χ2n) is 34.3. The molecule has 23 N–H and O–H groups in total. The van der Waals surface area contributed by atoms with Gasteiger partial charge in [-0.2, -0.15) is 30.6 Å². The first-order valence-corrected chi connectivity index (χ1v) is 47.2. The van der Waals surface area contributed by atoms with Crippen LogP contribution in [0.15, 0.2) is 178 Å². The summed E-state index contributed by atoms with van der Waals surface area (Å²) in [6.45, 7) is 1.57. The Morgan fingerprint density at radius 1 is 0.329 bits per heavy atom. The van der Waals surface area contributed by atoms with Gasteiger partial charge in [0.25, 0.3) is 16.7 Å². The van der Waals surface area contributed by atoms with Gasteiger partial charge in [0.2, 0.25) is 33.6 Å². The second kappa shape index (κ2) is 44.9. The third kappa shape index (κ3) is 26.8. The van der Waals surface area contributed by atoms with E-state index in [1.54, 1.807) is 61.4 Å². The second-order valence-corrected chi connectivity index (χ2v) is 36.2. The molecule has 6 saturated carbocycles. The molecule has 0 saturated heterocycles. The summed E-state index contributed by atoms with van der Waals surface area (Å²) in [4.78, 5) is 121. The van der Waals surface area contributed by atoms with E-state index in [0.29, 0.717) is 132 Å². The van der Waals surface area contributed by atoms with E-state index in [0.717, 1.165) is 85.8 Å². The predicted molar refractivity (Wildman–Crippen MR) is 555 cm³/mol. The number of halogens is 5. The van der Waals surface area contributed by atoms with Gasteiger partial charge >= 0.3 is 41.2 Å². The summed E-state index contributed by atoms with van der Waals surface area (Å²) in [6.07, 6.45) is 14.0. The number of nitrogens with zero attached hydrogens (tertiary/aromatic N) is 19. The molecule has 55 nitrogen and oxygen atoms in total. The average Bonchev–Trinajstić information content (AvgIpc) is 1.64. The molecule has 24 rings (SSSR count). The van der Waals surface area contributed by atoms with Gasteiger partial charge in [-0.1, -0.05) is 58.0 Å². The molecule has 0 bridgehead atoms. The van der Waals surface area contributed by atoms with E-state index in [4.69, 9.17) is 69.5 Å². The molecule has 18 aromatic rings. The highest BCUT2D eigenvalue weighted by Gasteiger charge is 2.33. The minimum atomic E-state index is -0.776. The number of hydrogen-bond acceptors (Lipinski definition) is 37. The fourth-order valence-corrected chi connectivity index (χ4v) is 15.5. The number of hydrogen-bond donors (Lipinski definition) is 21. The molecule has 6 fully saturated rings. The number of nitro groups is 6. The van der Waals surface area contributed by atoms with E-state index in [1.165, 1.54) is 109 Å². The van der Waals surface area contributed by atoms with Gasteiger partial charge in [0.15, 0.2) is 29.1 Å². The zero-order valence-corrected chi connectivity index (χ0v) is 81.0. The summed E-state index contributed by atoms with van der Waals surface area (Å²) in [5.41, 5.74) is 19.5. The SMILES string of the molecule is CB(O)n1[nH]c(=O)c2ccc(N)cc21.Nc1cc(C2CC2)[nH]n1.O=[N+]([O-])c1ccc(Cl)nc1Cl.O=[N+]([O-])c1ccc(Cl)nc1Nc1cc(C2CC2)[nH]n1.O=[N+]([O-])c1ccc(Cl)nc1Nc1cc(C2CC2)[nH]n1.O=[N+]([O-])c1ccc(Nc2cc(C3CC3)[nH]n2)nc1Cl.O=c1[nH][nH]c2cc(Nc3ccc([N+](=O)[O-])c(Nc4cc(C5CC5)[nH]n4)n3)ccc12.O=c1[nH][nH]c2cc(Nc3ccc([N+](=O)[O-])c(Nc4cc(C5CC5)[nH]n4)n3)ccc12. The number of aromatic nitrogens is 24. The maximum Gasteiger partial charge on any atom is 0.429 e. The molecular weight excluding hydrogens is 2050 g/mol. The fourth-order valence-electron chi connectivity index (χ4n) is 14.6. The van der Waals surface area contributed by atoms with Crippen LogP contribution < -0.4 is 65.4 Å². The summed E-state index contributed by atoms with van der Waals surface area (Å²) in [7, 11) is -0.776. The van der Waals surface area contributed by atoms with Gasteiger partial charge in [-0.3, -0.25) is 136 Å². The van der Waals surface area contributed by atoms with Crippen LogP contribution in [0.3, 0.4) is 0 Å². The van der Waals surface area contributed by atoms with Crippen molar-refractivity contribution in [1.29, 1.82) is 0 Å². The normalized spacial score (nSPS) is 13.6. The van der Waals surface area contributed by atoms with Gasteiger partial charge in [-0.15, -0.1) is 0 Å². The van der Waals surface area contributed by atoms with Crippen molar-refractivity contribution in [3.05, 3.63) is 315 Å². The summed E-state index contributed by atoms with van der Waals surface area (Å²) >= 11 is 28.0. The Kier molecular flexibility index (Phi) is 30.8. The molecule has 0 atom stereocenters. The van der Waals surface area contributed by atoms with Crippen molar-refractivity contribution in [2.75, 3.05) is 48.7 Å². The number of pyridine rings is 6. The minimum Gasteiger partial charge on any atom is -0.431 e. The van der Waals surface area contributed by atoms with E-state index in [1.807, 2.05) is 36.4 Å². The van der Waals surface area contributed by atoms with E-state index < -0.39 is 36.6 Å². The molecule has 6 aliphatic rings. The van der Waals surface area contributed by atoms with Gasteiger partial charge in [0.1, 0.15) is 38.7 Å². The number of aromatic amines is 11. The topological polar surface area (TPSA) is 800 Å². The van der Waals surface area contributed by atoms with Crippen molar-refractivity contribution in [3.8, 4) is 0 Å². The van der Waals surface area contributed by atoms with Gasteiger partial charge in [-0.05, 0) is 175 Å². The summed E-state index contributed by atoms with van der Waals surface area (Å²) in [5, 5.41) is 152. The number of nitrogens with one attached hydrogen (secondary N) is 18. The molecule has 764 valence electrons. The molecule has 15 aromatic heterocycles. The zero-order valence-electron chi connectivity index (χ0n) is 77.2. The molecule has 0 aliphatic heterocycles. The number of fused-ring (bicyclic) bond motifs is 3. The Hall–Kier alpha value is -18.3. The number of rotatable bonds is 27. The number of H-pyrrole nitrogens is 11. The van der Waals surface area contributed by atoms with Gasteiger partial charge in [-0.25, -0.2) is 29.9 Å². The third-order valence-corrected chi connectivity index (χ3v) is 24.2. The standard InChI is InChI=1S/2C18H16N8O3.3C11H10ClN5O2.C8H10BN3O2.C6H9N3.C5H2Cl2N2O2/c2*27-18-11-4-3-10(7-13(11)23-25-18)19-15-6-5-14(26(28)29)17(20-15)21-16-8-12(22-24-16)9-1-2-9;12-11-8(17(18)19)3-4-9(14-11)13-10-5-7(15-16-10)6-1-2-6;2*12-9-4-3-8(17(18)19)11(13-9)14-10-5-7(15-16-10)6-1-2-6;1-9(14)12-7-4-5(10)2-3-6(7)8(13)11-12;7-6-3-5(8-9-6)4-1-2-4;6-4-2-1-3(9(10)11)5(7)8-4/h2*3-9H,1-2H2,(H2,23,25,27)(H3,19,20,21,22,24);3*3-6H,1-2H2,(H2,13,14,15,16);2-4,14H,10H2,1H3,(H,11,13);3-4H,1-2H2,(H3,7,8,9);1-2H. The molecule has 149 heavy (non-hydrogen) atoms. The maximum atomic E-state index is 11.6. The van der Waals surface area contributed by atoms with Crippen molar-refractivity contribution in [3.63, 3.8) is 0 Å².